The van der Waals surface area contributed by atoms with Crippen molar-refractivity contribution in [2.45, 2.75) is 20.8 Å². The molecule has 4 heteroatoms. The second kappa shape index (κ2) is 5.72. The Morgan fingerprint density at radius 1 is 1.00 bits per heavy atom. The molecule has 0 amide bonds. The molecule has 3 rings (SSSR count). The van der Waals surface area contributed by atoms with Gasteiger partial charge in [0.05, 0.1) is 11.4 Å². The zero-order valence-corrected chi connectivity index (χ0v) is 13.4. The van der Waals surface area contributed by atoms with E-state index in [-0.39, 0.29) is 5.69 Å². The van der Waals surface area contributed by atoms with Crippen molar-refractivity contribution in [2.75, 3.05) is 0 Å². The molecule has 4 nitrogen and oxygen atoms in total. The zero-order chi connectivity index (χ0) is 16.6. The Hall–Kier alpha value is -2.88. The number of benzene rings is 2. The highest BCUT2D eigenvalue weighted by Crippen LogP contribution is 2.25. The summed E-state index contributed by atoms with van der Waals surface area (Å²) in [6, 6.07) is 15.3. The van der Waals surface area contributed by atoms with Crippen LogP contribution in [0.4, 0.5) is 0 Å². The van der Waals surface area contributed by atoms with Gasteiger partial charge >= 0.3 is 5.97 Å². The monoisotopic (exact) mass is 306 g/mol. The molecule has 0 unspecified atom stereocenters. The van der Waals surface area contributed by atoms with Crippen LogP contribution in [0.1, 0.15) is 27.2 Å². The van der Waals surface area contributed by atoms with E-state index in [0.717, 1.165) is 22.4 Å². The maximum absolute atomic E-state index is 11.6. The lowest BCUT2D eigenvalue weighted by molar-refractivity contribution is 0.0687. The highest BCUT2D eigenvalue weighted by Gasteiger charge is 2.17. The SMILES string of the molecule is Cc1cccc(-n2nc(-c3ccc(C)cc3C)cc2C(=O)O)c1. The molecule has 23 heavy (non-hydrogen) atoms. The molecule has 1 heterocycles. The number of carboxylic acids is 1. The van der Waals surface area contributed by atoms with Crippen molar-refractivity contribution in [3.05, 3.63) is 70.9 Å². The van der Waals surface area contributed by atoms with E-state index in [9.17, 15) is 9.90 Å². The fraction of sp³-hybridized carbons (Fsp3) is 0.158. The molecule has 0 spiro atoms. The van der Waals surface area contributed by atoms with E-state index < -0.39 is 5.97 Å². The molecule has 1 N–H and O–H groups in total. The number of aromatic nitrogens is 2. The summed E-state index contributed by atoms with van der Waals surface area (Å²) >= 11 is 0. The first kappa shape index (κ1) is 15.0. The van der Waals surface area contributed by atoms with Gasteiger partial charge in [0.1, 0.15) is 0 Å². The summed E-state index contributed by atoms with van der Waals surface area (Å²) in [5.74, 6) is -0.991. The van der Waals surface area contributed by atoms with Crippen molar-refractivity contribution >= 4 is 5.97 Å². The van der Waals surface area contributed by atoms with Crippen LogP contribution in [-0.2, 0) is 0 Å². The highest BCUT2D eigenvalue weighted by molar-refractivity contribution is 5.88. The molecule has 2 aromatic carbocycles. The van der Waals surface area contributed by atoms with Crippen LogP contribution in [0, 0.1) is 20.8 Å². The van der Waals surface area contributed by atoms with Crippen LogP contribution in [0.5, 0.6) is 0 Å². The fourth-order valence-electron chi connectivity index (χ4n) is 2.72. The molecule has 0 aliphatic rings. The van der Waals surface area contributed by atoms with Crippen LogP contribution in [0.2, 0.25) is 0 Å². The molecule has 0 atom stereocenters. The van der Waals surface area contributed by atoms with Crippen molar-refractivity contribution in [3.63, 3.8) is 0 Å². The Labute approximate surface area is 135 Å². The van der Waals surface area contributed by atoms with Crippen molar-refractivity contribution < 1.29 is 9.90 Å². The van der Waals surface area contributed by atoms with E-state index in [2.05, 4.69) is 11.2 Å². The third-order valence-electron chi connectivity index (χ3n) is 3.83. The predicted octanol–water partition coefficient (Wildman–Crippen LogP) is 4.16. The van der Waals surface area contributed by atoms with Gasteiger partial charge in [0.15, 0.2) is 5.69 Å². The van der Waals surface area contributed by atoms with Gasteiger partial charge in [0.25, 0.3) is 0 Å². The fourth-order valence-corrected chi connectivity index (χ4v) is 2.72. The van der Waals surface area contributed by atoms with Gasteiger partial charge in [-0.2, -0.15) is 5.10 Å². The first-order valence-electron chi connectivity index (χ1n) is 7.44. The van der Waals surface area contributed by atoms with E-state index >= 15 is 0 Å². The van der Waals surface area contributed by atoms with Crippen LogP contribution < -0.4 is 0 Å². The summed E-state index contributed by atoms with van der Waals surface area (Å²) in [5.41, 5.74) is 5.83. The summed E-state index contributed by atoms with van der Waals surface area (Å²) < 4.78 is 1.49. The van der Waals surface area contributed by atoms with E-state index in [4.69, 9.17) is 0 Å². The van der Waals surface area contributed by atoms with E-state index in [0.29, 0.717) is 5.69 Å². The first-order chi connectivity index (χ1) is 11.0. The van der Waals surface area contributed by atoms with Crippen LogP contribution in [-0.4, -0.2) is 20.9 Å². The van der Waals surface area contributed by atoms with Gasteiger partial charge in [0, 0.05) is 5.56 Å². The van der Waals surface area contributed by atoms with E-state index in [1.807, 2.05) is 57.2 Å². The van der Waals surface area contributed by atoms with Gasteiger partial charge in [-0.1, -0.05) is 35.9 Å². The van der Waals surface area contributed by atoms with E-state index in [1.165, 1.54) is 10.2 Å². The summed E-state index contributed by atoms with van der Waals surface area (Å²) in [5, 5.41) is 14.0. The maximum atomic E-state index is 11.6. The summed E-state index contributed by atoms with van der Waals surface area (Å²) in [7, 11) is 0. The lowest BCUT2D eigenvalue weighted by atomic mass is 10.0. The van der Waals surface area contributed by atoms with Crippen molar-refractivity contribution in [3.8, 4) is 16.9 Å². The number of nitrogens with zero attached hydrogens (tertiary/aromatic N) is 2. The number of aromatic carboxylic acids is 1. The van der Waals surface area contributed by atoms with Crippen molar-refractivity contribution in [1.29, 1.82) is 0 Å². The molecular weight excluding hydrogens is 288 g/mol. The molecule has 0 aliphatic carbocycles. The number of carboxylic acid groups (broad SMARTS) is 1. The van der Waals surface area contributed by atoms with Crippen LogP contribution in [0.3, 0.4) is 0 Å². The third kappa shape index (κ3) is 2.88. The average molecular weight is 306 g/mol. The lowest BCUT2D eigenvalue weighted by Crippen LogP contribution is -2.07. The predicted molar refractivity (Wildman–Crippen MR) is 90.2 cm³/mol. The normalized spacial score (nSPS) is 10.7. The second-order valence-electron chi connectivity index (χ2n) is 5.79. The molecule has 0 aliphatic heterocycles. The average Bonchev–Trinajstić information content (AvgIpc) is 2.92. The highest BCUT2D eigenvalue weighted by atomic mass is 16.4. The van der Waals surface area contributed by atoms with Gasteiger partial charge in [0.2, 0.25) is 0 Å². The Kier molecular flexibility index (Phi) is 3.74. The quantitative estimate of drug-likeness (QED) is 0.790. The summed E-state index contributed by atoms with van der Waals surface area (Å²) in [6.45, 7) is 6.01. The molecular formula is C19H18N2O2. The molecule has 0 radical (unpaired) electrons. The number of hydrogen-bond acceptors (Lipinski definition) is 2. The topological polar surface area (TPSA) is 55.1 Å². The number of hydrogen-bond donors (Lipinski definition) is 1. The third-order valence-corrected chi connectivity index (χ3v) is 3.83. The van der Waals surface area contributed by atoms with Crippen LogP contribution in [0.25, 0.3) is 16.9 Å². The molecule has 0 fully saturated rings. The van der Waals surface area contributed by atoms with Gasteiger partial charge in [-0.25, -0.2) is 9.48 Å². The van der Waals surface area contributed by atoms with Crippen LogP contribution in [0.15, 0.2) is 48.5 Å². The van der Waals surface area contributed by atoms with Crippen molar-refractivity contribution in [2.24, 2.45) is 0 Å². The Morgan fingerprint density at radius 3 is 2.39 bits per heavy atom. The Balaban J connectivity index is 2.18. The number of rotatable bonds is 3. The van der Waals surface area contributed by atoms with Gasteiger partial charge in [-0.3, -0.25) is 0 Å². The van der Waals surface area contributed by atoms with Crippen LogP contribution >= 0.6 is 0 Å². The van der Waals surface area contributed by atoms with Gasteiger partial charge in [-0.15, -0.1) is 0 Å². The van der Waals surface area contributed by atoms with E-state index in [1.54, 1.807) is 6.07 Å². The zero-order valence-electron chi connectivity index (χ0n) is 13.4. The number of carbonyl (C=O) groups is 1. The summed E-state index contributed by atoms with van der Waals surface area (Å²) in [6.07, 6.45) is 0. The summed E-state index contributed by atoms with van der Waals surface area (Å²) in [4.78, 5) is 11.6. The lowest BCUT2D eigenvalue weighted by Gasteiger charge is -2.06. The Morgan fingerprint density at radius 2 is 1.74 bits per heavy atom. The smallest absolute Gasteiger partial charge is 0.354 e. The molecule has 0 saturated carbocycles. The molecule has 1 aromatic heterocycles. The van der Waals surface area contributed by atoms with Gasteiger partial charge < -0.3 is 5.11 Å². The van der Waals surface area contributed by atoms with Crippen molar-refractivity contribution in [1.82, 2.24) is 9.78 Å². The second-order valence-corrected chi connectivity index (χ2v) is 5.79. The maximum Gasteiger partial charge on any atom is 0.354 e. The minimum Gasteiger partial charge on any atom is -0.477 e. The minimum absolute atomic E-state index is 0.158. The molecule has 116 valence electrons. The molecule has 0 bridgehead atoms. The van der Waals surface area contributed by atoms with Gasteiger partial charge in [-0.05, 0) is 50.1 Å². The molecule has 0 saturated heterocycles. The standard InChI is InChI=1S/C19H18N2O2/c1-12-5-4-6-15(10-12)21-18(19(22)23)11-17(20-21)16-8-7-13(2)9-14(16)3/h4-11H,1-3H3,(H,22,23). The first-order valence-corrected chi connectivity index (χ1v) is 7.44. The Bertz CT molecular complexity index is 894. The largest absolute Gasteiger partial charge is 0.477 e. The number of aryl methyl sites for hydroxylation is 3. The molecule has 3 aromatic rings. The minimum atomic E-state index is -0.991.